The van der Waals surface area contributed by atoms with Crippen LogP contribution in [0, 0.1) is 0 Å². The first kappa shape index (κ1) is 18.8. The Bertz CT molecular complexity index is 1420. The van der Waals surface area contributed by atoms with E-state index < -0.39 is 5.91 Å². The van der Waals surface area contributed by atoms with Crippen molar-refractivity contribution in [1.29, 1.82) is 0 Å². The average Bonchev–Trinajstić information content (AvgIpc) is 3.17. The van der Waals surface area contributed by atoms with E-state index in [4.69, 9.17) is 5.73 Å². The number of anilines is 1. The number of hydrogen-bond acceptors (Lipinski definition) is 4. The smallest absolute Gasteiger partial charge is 0.248 e. The standard InChI is InChI=1S/C25H21N5O/c1-30-11-8-17-6-7-19(12-23(17)30)21-13-20(14-22-24(21)28-10-9-27-22)29-15-16-2-4-18(5-3-16)25(26)31/h2-14,29H,15H2,1H3,(H2,26,31). The molecule has 152 valence electrons. The largest absolute Gasteiger partial charge is 0.381 e. The van der Waals surface area contributed by atoms with Gasteiger partial charge in [0.2, 0.25) is 5.91 Å². The lowest BCUT2D eigenvalue weighted by molar-refractivity contribution is 0.100. The maximum Gasteiger partial charge on any atom is 0.248 e. The molecular weight excluding hydrogens is 386 g/mol. The zero-order valence-corrected chi connectivity index (χ0v) is 17.0. The van der Waals surface area contributed by atoms with Crippen molar-refractivity contribution in [3.8, 4) is 11.1 Å². The molecule has 0 aliphatic rings. The van der Waals surface area contributed by atoms with Crippen molar-refractivity contribution in [3.05, 3.63) is 90.4 Å². The Balaban J connectivity index is 1.52. The van der Waals surface area contributed by atoms with Gasteiger partial charge in [0.05, 0.1) is 11.0 Å². The zero-order valence-electron chi connectivity index (χ0n) is 17.0. The van der Waals surface area contributed by atoms with Crippen LogP contribution in [0.2, 0.25) is 0 Å². The molecule has 0 spiro atoms. The van der Waals surface area contributed by atoms with Crippen LogP contribution in [-0.4, -0.2) is 20.4 Å². The van der Waals surface area contributed by atoms with Crippen molar-refractivity contribution >= 4 is 33.5 Å². The lowest BCUT2D eigenvalue weighted by Crippen LogP contribution is -2.10. The van der Waals surface area contributed by atoms with Gasteiger partial charge in [-0.15, -0.1) is 0 Å². The topological polar surface area (TPSA) is 85.8 Å². The Kier molecular flexibility index (Phi) is 4.59. The number of nitrogens with two attached hydrogens (primary N) is 1. The van der Waals surface area contributed by atoms with Crippen LogP contribution in [0.15, 0.2) is 79.3 Å². The molecule has 6 heteroatoms. The van der Waals surface area contributed by atoms with Crippen LogP contribution >= 0.6 is 0 Å². The fourth-order valence-corrected chi connectivity index (χ4v) is 3.82. The van der Waals surface area contributed by atoms with E-state index >= 15 is 0 Å². The quantitative estimate of drug-likeness (QED) is 0.449. The highest BCUT2D eigenvalue weighted by Crippen LogP contribution is 2.32. The molecule has 0 aliphatic heterocycles. The zero-order chi connectivity index (χ0) is 21.4. The van der Waals surface area contributed by atoms with E-state index in [1.165, 1.54) is 10.9 Å². The van der Waals surface area contributed by atoms with E-state index in [0.29, 0.717) is 12.1 Å². The van der Waals surface area contributed by atoms with Crippen LogP contribution in [0.4, 0.5) is 5.69 Å². The minimum Gasteiger partial charge on any atom is -0.381 e. The van der Waals surface area contributed by atoms with Gasteiger partial charge in [0, 0.05) is 54.5 Å². The molecule has 0 unspecified atom stereocenters. The number of nitrogens with one attached hydrogen (secondary N) is 1. The first-order valence-corrected chi connectivity index (χ1v) is 10.0. The second kappa shape index (κ2) is 7.57. The number of primary amides is 1. The molecule has 2 heterocycles. The highest BCUT2D eigenvalue weighted by molar-refractivity contribution is 5.97. The predicted molar refractivity (Wildman–Crippen MR) is 124 cm³/mol. The van der Waals surface area contributed by atoms with Gasteiger partial charge in [-0.05, 0) is 52.9 Å². The molecule has 0 fully saturated rings. The number of amides is 1. The Labute approximate surface area is 179 Å². The Morgan fingerprint density at radius 2 is 1.81 bits per heavy atom. The van der Waals surface area contributed by atoms with Crippen molar-refractivity contribution in [2.24, 2.45) is 12.8 Å². The van der Waals surface area contributed by atoms with E-state index in [0.717, 1.165) is 33.4 Å². The van der Waals surface area contributed by atoms with Crippen LogP contribution in [0.5, 0.6) is 0 Å². The van der Waals surface area contributed by atoms with Gasteiger partial charge in [0.15, 0.2) is 0 Å². The lowest BCUT2D eigenvalue weighted by atomic mass is 10.0. The number of fused-ring (bicyclic) bond motifs is 2. The number of rotatable bonds is 5. The Morgan fingerprint density at radius 1 is 1.00 bits per heavy atom. The molecule has 2 aromatic heterocycles. The monoisotopic (exact) mass is 407 g/mol. The van der Waals surface area contributed by atoms with E-state index in [9.17, 15) is 4.79 Å². The Morgan fingerprint density at radius 3 is 2.61 bits per heavy atom. The first-order chi connectivity index (χ1) is 15.1. The Hall–Kier alpha value is -4.19. The summed E-state index contributed by atoms with van der Waals surface area (Å²) in [7, 11) is 2.05. The molecule has 31 heavy (non-hydrogen) atoms. The van der Waals surface area contributed by atoms with Gasteiger partial charge in [-0.2, -0.15) is 0 Å². The lowest BCUT2D eigenvalue weighted by Gasteiger charge is -2.12. The molecule has 0 saturated heterocycles. The summed E-state index contributed by atoms with van der Waals surface area (Å²) in [4.78, 5) is 20.4. The second-order valence-electron chi connectivity index (χ2n) is 7.56. The summed E-state index contributed by atoms with van der Waals surface area (Å²) in [5.41, 5.74) is 12.8. The van der Waals surface area contributed by atoms with Crippen molar-refractivity contribution in [2.75, 3.05) is 5.32 Å². The number of aryl methyl sites for hydroxylation is 1. The van der Waals surface area contributed by atoms with Gasteiger partial charge in [-0.1, -0.05) is 24.3 Å². The normalized spacial score (nSPS) is 11.1. The van der Waals surface area contributed by atoms with Crippen molar-refractivity contribution in [1.82, 2.24) is 14.5 Å². The molecule has 0 radical (unpaired) electrons. The van der Waals surface area contributed by atoms with Gasteiger partial charge in [-0.3, -0.25) is 14.8 Å². The van der Waals surface area contributed by atoms with Crippen LogP contribution in [-0.2, 0) is 13.6 Å². The van der Waals surface area contributed by atoms with Gasteiger partial charge in [0.1, 0.15) is 0 Å². The third-order valence-electron chi connectivity index (χ3n) is 5.51. The molecular formula is C25H21N5O. The van der Waals surface area contributed by atoms with Crippen molar-refractivity contribution < 1.29 is 4.79 Å². The van der Waals surface area contributed by atoms with Gasteiger partial charge < -0.3 is 15.6 Å². The summed E-state index contributed by atoms with van der Waals surface area (Å²) in [6, 6.07) is 20.0. The number of carbonyl (C=O) groups is 1. The number of carbonyl (C=O) groups excluding carboxylic acids is 1. The molecule has 6 nitrogen and oxygen atoms in total. The summed E-state index contributed by atoms with van der Waals surface area (Å²) in [6.07, 6.45) is 5.49. The summed E-state index contributed by atoms with van der Waals surface area (Å²) >= 11 is 0. The molecule has 3 N–H and O–H groups in total. The molecule has 0 saturated carbocycles. The highest BCUT2D eigenvalue weighted by atomic mass is 16.1. The number of hydrogen-bond donors (Lipinski definition) is 2. The molecule has 0 bridgehead atoms. The SMILES string of the molecule is Cn1ccc2ccc(-c3cc(NCc4ccc(C(N)=O)cc4)cc4nccnc34)cc21. The minimum atomic E-state index is -0.424. The molecule has 5 aromatic rings. The van der Waals surface area contributed by atoms with E-state index in [1.54, 1.807) is 24.5 Å². The third-order valence-corrected chi connectivity index (χ3v) is 5.51. The molecule has 5 rings (SSSR count). The van der Waals surface area contributed by atoms with Crippen LogP contribution in [0.3, 0.4) is 0 Å². The number of aromatic nitrogens is 3. The van der Waals surface area contributed by atoms with E-state index in [2.05, 4.69) is 56.4 Å². The van der Waals surface area contributed by atoms with Crippen LogP contribution in [0.1, 0.15) is 15.9 Å². The maximum atomic E-state index is 11.3. The number of nitrogens with zero attached hydrogens (tertiary/aromatic N) is 3. The van der Waals surface area contributed by atoms with E-state index in [-0.39, 0.29) is 0 Å². The molecule has 3 aromatic carbocycles. The highest BCUT2D eigenvalue weighted by Gasteiger charge is 2.11. The maximum absolute atomic E-state index is 11.3. The van der Waals surface area contributed by atoms with Gasteiger partial charge >= 0.3 is 0 Å². The second-order valence-corrected chi connectivity index (χ2v) is 7.56. The van der Waals surface area contributed by atoms with Gasteiger partial charge in [0.25, 0.3) is 0 Å². The van der Waals surface area contributed by atoms with Crippen LogP contribution in [0.25, 0.3) is 33.1 Å². The molecule has 1 amide bonds. The number of benzene rings is 3. The van der Waals surface area contributed by atoms with Crippen molar-refractivity contribution in [2.45, 2.75) is 6.54 Å². The molecule has 0 atom stereocenters. The third kappa shape index (κ3) is 3.59. The minimum absolute atomic E-state index is 0.424. The average molecular weight is 407 g/mol. The summed E-state index contributed by atoms with van der Waals surface area (Å²) < 4.78 is 2.12. The summed E-state index contributed by atoms with van der Waals surface area (Å²) in [6.45, 7) is 0.612. The predicted octanol–water partition coefficient (Wildman–Crippen LogP) is 4.50. The van der Waals surface area contributed by atoms with Crippen molar-refractivity contribution in [3.63, 3.8) is 0 Å². The fraction of sp³-hybridized carbons (Fsp3) is 0.0800. The van der Waals surface area contributed by atoms with E-state index in [1.807, 2.05) is 25.2 Å². The summed E-state index contributed by atoms with van der Waals surface area (Å²) in [5, 5.41) is 4.67. The fourth-order valence-electron chi connectivity index (χ4n) is 3.82. The first-order valence-electron chi connectivity index (χ1n) is 10.0. The molecule has 0 aliphatic carbocycles. The van der Waals surface area contributed by atoms with Gasteiger partial charge in [-0.25, -0.2) is 0 Å². The van der Waals surface area contributed by atoms with Crippen LogP contribution < -0.4 is 11.1 Å². The summed E-state index contributed by atoms with van der Waals surface area (Å²) in [5.74, 6) is -0.424.